The first-order chi connectivity index (χ1) is 9.10. The van der Waals surface area contributed by atoms with Crippen molar-refractivity contribution in [2.75, 3.05) is 17.7 Å². The lowest BCUT2D eigenvalue weighted by Gasteiger charge is -2.19. The van der Waals surface area contributed by atoms with Crippen LogP contribution in [0.2, 0.25) is 0 Å². The van der Waals surface area contributed by atoms with E-state index in [2.05, 4.69) is 16.1 Å². The Hall–Kier alpha value is -2.48. The summed E-state index contributed by atoms with van der Waals surface area (Å²) in [6, 6.07) is 7.91. The lowest BCUT2D eigenvalue weighted by Crippen LogP contribution is -2.16. The summed E-state index contributed by atoms with van der Waals surface area (Å²) in [5.41, 5.74) is 9.58. The van der Waals surface area contributed by atoms with Gasteiger partial charge in [-0.25, -0.2) is 0 Å². The van der Waals surface area contributed by atoms with Crippen molar-refractivity contribution in [1.82, 2.24) is 9.78 Å². The molecule has 2 aromatic rings. The summed E-state index contributed by atoms with van der Waals surface area (Å²) >= 11 is 0. The predicted octanol–water partition coefficient (Wildman–Crippen LogP) is 1.70. The molecule has 0 bridgehead atoms. The number of hydrogen-bond acceptors (Lipinski definition) is 4. The first-order valence-corrected chi connectivity index (χ1v) is 6.04. The van der Waals surface area contributed by atoms with Gasteiger partial charge in [0.15, 0.2) is 0 Å². The smallest absolute Gasteiger partial charge is 0.0670 e. The maximum absolute atomic E-state index is 8.78. The fourth-order valence-electron chi connectivity index (χ4n) is 1.99. The van der Waals surface area contributed by atoms with Crippen LogP contribution in [0.15, 0.2) is 30.6 Å². The van der Waals surface area contributed by atoms with E-state index in [1.54, 1.807) is 4.68 Å². The van der Waals surface area contributed by atoms with E-state index in [4.69, 9.17) is 11.0 Å². The van der Waals surface area contributed by atoms with Crippen molar-refractivity contribution in [1.29, 1.82) is 5.26 Å². The lowest BCUT2D eigenvalue weighted by atomic mass is 10.1. The summed E-state index contributed by atoms with van der Waals surface area (Å²) in [6.07, 6.45) is 4.17. The summed E-state index contributed by atoms with van der Waals surface area (Å²) in [5.74, 6) is 0. The van der Waals surface area contributed by atoms with Gasteiger partial charge in [0.1, 0.15) is 0 Å². The first-order valence-electron chi connectivity index (χ1n) is 6.04. The number of nitriles is 1. The van der Waals surface area contributed by atoms with Crippen LogP contribution in [-0.2, 0) is 20.0 Å². The highest BCUT2D eigenvalue weighted by Crippen LogP contribution is 2.22. The van der Waals surface area contributed by atoms with Crippen LogP contribution in [-0.4, -0.2) is 16.8 Å². The van der Waals surface area contributed by atoms with E-state index in [1.165, 1.54) is 0 Å². The summed E-state index contributed by atoms with van der Waals surface area (Å²) in [4.78, 5) is 2.11. The Labute approximate surface area is 112 Å². The summed E-state index contributed by atoms with van der Waals surface area (Å²) < 4.78 is 1.78. The molecule has 0 fully saturated rings. The Morgan fingerprint density at radius 1 is 1.47 bits per heavy atom. The third kappa shape index (κ3) is 3.05. The Balaban J connectivity index is 2.17. The maximum Gasteiger partial charge on any atom is 0.0670 e. The minimum atomic E-state index is 0.334. The van der Waals surface area contributed by atoms with Crippen LogP contribution in [0.25, 0.3) is 0 Å². The molecule has 0 amide bonds. The highest BCUT2D eigenvalue weighted by atomic mass is 15.2. The van der Waals surface area contributed by atoms with E-state index in [0.29, 0.717) is 12.1 Å². The molecule has 98 valence electrons. The Morgan fingerprint density at radius 3 is 2.89 bits per heavy atom. The molecule has 2 rings (SSSR count). The van der Waals surface area contributed by atoms with Crippen LogP contribution in [0.3, 0.4) is 0 Å². The fourth-order valence-corrected chi connectivity index (χ4v) is 1.99. The van der Waals surface area contributed by atoms with Gasteiger partial charge in [-0.1, -0.05) is 0 Å². The average Bonchev–Trinajstić information content (AvgIpc) is 2.77. The highest BCUT2D eigenvalue weighted by Gasteiger charge is 2.06. The van der Waals surface area contributed by atoms with E-state index >= 15 is 0 Å². The van der Waals surface area contributed by atoms with Gasteiger partial charge in [0.05, 0.1) is 18.7 Å². The Morgan fingerprint density at radius 2 is 2.26 bits per heavy atom. The minimum Gasteiger partial charge on any atom is -0.398 e. The van der Waals surface area contributed by atoms with E-state index in [9.17, 15) is 0 Å². The summed E-state index contributed by atoms with van der Waals surface area (Å²) in [5, 5.41) is 12.9. The second kappa shape index (κ2) is 5.44. The van der Waals surface area contributed by atoms with Gasteiger partial charge in [0, 0.05) is 43.8 Å². The van der Waals surface area contributed by atoms with Crippen molar-refractivity contribution in [3.8, 4) is 6.07 Å². The van der Waals surface area contributed by atoms with Gasteiger partial charge < -0.3 is 10.6 Å². The predicted molar refractivity (Wildman–Crippen MR) is 75.5 cm³/mol. The minimum absolute atomic E-state index is 0.334. The Kier molecular flexibility index (Phi) is 3.71. The van der Waals surface area contributed by atoms with Gasteiger partial charge in [0.2, 0.25) is 0 Å². The van der Waals surface area contributed by atoms with Crippen LogP contribution in [0.1, 0.15) is 11.1 Å². The number of aromatic nitrogens is 2. The quantitative estimate of drug-likeness (QED) is 0.844. The number of nitrogen functional groups attached to an aromatic ring is 1. The molecule has 5 heteroatoms. The van der Waals surface area contributed by atoms with E-state index < -0.39 is 0 Å². The zero-order chi connectivity index (χ0) is 13.8. The molecule has 1 heterocycles. The van der Waals surface area contributed by atoms with Crippen molar-refractivity contribution < 1.29 is 0 Å². The molecule has 0 saturated carbocycles. The van der Waals surface area contributed by atoms with Crippen LogP contribution in [0, 0.1) is 11.3 Å². The molecule has 5 nitrogen and oxygen atoms in total. The number of hydrogen-bond donors (Lipinski definition) is 1. The monoisotopic (exact) mass is 255 g/mol. The molecule has 0 atom stereocenters. The zero-order valence-electron chi connectivity index (χ0n) is 11.2. The summed E-state index contributed by atoms with van der Waals surface area (Å²) in [6.45, 7) is 0.768. The van der Waals surface area contributed by atoms with Gasteiger partial charge in [-0.3, -0.25) is 4.68 Å². The summed E-state index contributed by atoms with van der Waals surface area (Å²) in [7, 11) is 3.91. The third-order valence-corrected chi connectivity index (χ3v) is 3.01. The molecule has 0 aliphatic rings. The second-order valence-corrected chi connectivity index (χ2v) is 4.60. The SMILES string of the molecule is CN(Cc1cnn(C)c1)c1ccc(N)c(CC#N)c1. The molecule has 0 saturated heterocycles. The van der Waals surface area contributed by atoms with Crippen molar-refractivity contribution in [2.24, 2.45) is 7.05 Å². The lowest BCUT2D eigenvalue weighted by molar-refractivity contribution is 0.766. The number of nitrogens with zero attached hydrogens (tertiary/aromatic N) is 4. The molecule has 0 radical (unpaired) electrons. The normalized spacial score (nSPS) is 10.2. The van der Waals surface area contributed by atoms with Gasteiger partial charge in [-0.2, -0.15) is 10.4 Å². The molecule has 1 aromatic heterocycles. The molecule has 0 aliphatic heterocycles. The van der Waals surface area contributed by atoms with Crippen LogP contribution < -0.4 is 10.6 Å². The number of aryl methyl sites for hydroxylation is 1. The molecular formula is C14H17N5. The molecular weight excluding hydrogens is 238 g/mol. The molecule has 19 heavy (non-hydrogen) atoms. The van der Waals surface area contributed by atoms with E-state index in [-0.39, 0.29) is 0 Å². The van der Waals surface area contributed by atoms with Crippen molar-refractivity contribution >= 4 is 11.4 Å². The topological polar surface area (TPSA) is 70.9 Å². The van der Waals surface area contributed by atoms with Gasteiger partial charge in [-0.05, 0) is 23.8 Å². The molecule has 2 N–H and O–H groups in total. The standard InChI is InChI=1S/C14H17N5/c1-18(9-11-8-17-19(2)10-11)13-3-4-14(16)12(7-13)5-6-15/h3-4,7-8,10H,5,9,16H2,1-2H3. The third-order valence-electron chi connectivity index (χ3n) is 3.01. The highest BCUT2D eigenvalue weighted by molar-refractivity contribution is 5.59. The second-order valence-electron chi connectivity index (χ2n) is 4.60. The molecule has 1 aromatic carbocycles. The molecule has 0 unspecified atom stereocenters. The number of rotatable bonds is 4. The molecule has 0 aliphatic carbocycles. The van der Waals surface area contributed by atoms with Crippen molar-refractivity contribution in [2.45, 2.75) is 13.0 Å². The van der Waals surface area contributed by atoms with E-state index in [1.807, 2.05) is 44.7 Å². The fraction of sp³-hybridized carbons (Fsp3) is 0.286. The van der Waals surface area contributed by atoms with E-state index in [0.717, 1.165) is 23.4 Å². The number of benzene rings is 1. The van der Waals surface area contributed by atoms with Crippen molar-refractivity contribution in [3.63, 3.8) is 0 Å². The number of nitrogens with two attached hydrogens (primary N) is 1. The van der Waals surface area contributed by atoms with Gasteiger partial charge >= 0.3 is 0 Å². The van der Waals surface area contributed by atoms with Gasteiger partial charge in [0.25, 0.3) is 0 Å². The van der Waals surface area contributed by atoms with Crippen LogP contribution >= 0.6 is 0 Å². The van der Waals surface area contributed by atoms with Crippen molar-refractivity contribution in [3.05, 3.63) is 41.7 Å². The zero-order valence-corrected chi connectivity index (χ0v) is 11.2. The largest absolute Gasteiger partial charge is 0.398 e. The maximum atomic E-state index is 8.78. The van der Waals surface area contributed by atoms with Crippen LogP contribution in [0.4, 0.5) is 11.4 Å². The van der Waals surface area contributed by atoms with Gasteiger partial charge in [-0.15, -0.1) is 0 Å². The Bertz CT molecular complexity index is 609. The average molecular weight is 255 g/mol. The first kappa shape index (κ1) is 13.0. The van der Waals surface area contributed by atoms with Crippen LogP contribution in [0.5, 0.6) is 0 Å². The number of anilines is 2. The molecule has 0 spiro atoms.